The third-order valence-electron chi connectivity index (χ3n) is 3.86. The Bertz CT molecular complexity index is 686. The lowest BCUT2D eigenvalue weighted by Gasteiger charge is -2.19. The first-order valence-corrected chi connectivity index (χ1v) is 7.16. The SMILES string of the molecule is COc1cnc(C2CC(c3ccccc3)=NN2C)cc1OC. The monoisotopic (exact) mass is 297 g/mol. The minimum absolute atomic E-state index is 0.106. The van der Waals surface area contributed by atoms with Crippen molar-refractivity contribution in [2.75, 3.05) is 21.3 Å². The first-order chi connectivity index (χ1) is 10.7. The summed E-state index contributed by atoms with van der Waals surface area (Å²) in [6, 6.07) is 12.3. The summed E-state index contributed by atoms with van der Waals surface area (Å²) < 4.78 is 10.6. The first-order valence-electron chi connectivity index (χ1n) is 7.16. The van der Waals surface area contributed by atoms with Gasteiger partial charge in [-0.05, 0) is 5.56 Å². The molecule has 0 fully saturated rings. The second kappa shape index (κ2) is 6.05. The van der Waals surface area contributed by atoms with Crippen molar-refractivity contribution < 1.29 is 9.47 Å². The molecule has 5 nitrogen and oxygen atoms in total. The van der Waals surface area contributed by atoms with Gasteiger partial charge >= 0.3 is 0 Å². The lowest BCUT2D eigenvalue weighted by Crippen LogP contribution is -2.15. The fourth-order valence-corrected chi connectivity index (χ4v) is 2.65. The van der Waals surface area contributed by atoms with E-state index in [0.717, 1.165) is 23.4 Å². The van der Waals surface area contributed by atoms with Crippen LogP contribution in [0.3, 0.4) is 0 Å². The number of nitrogens with zero attached hydrogens (tertiary/aromatic N) is 3. The van der Waals surface area contributed by atoms with Crippen LogP contribution in [0.1, 0.15) is 23.7 Å². The lowest BCUT2D eigenvalue weighted by atomic mass is 10.0. The molecular weight excluding hydrogens is 278 g/mol. The van der Waals surface area contributed by atoms with Crippen LogP contribution in [0.25, 0.3) is 0 Å². The highest BCUT2D eigenvalue weighted by Gasteiger charge is 2.28. The maximum Gasteiger partial charge on any atom is 0.179 e. The molecule has 1 aliphatic heterocycles. The molecule has 3 rings (SSSR count). The Morgan fingerprint density at radius 1 is 1.09 bits per heavy atom. The Balaban J connectivity index is 1.86. The summed E-state index contributed by atoms with van der Waals surface area (Å²) in [6.07, 6.45) is 2.52. The average molecular weight is 297 g/mol. The third kappa shape index (κ3) is 2.62. The largest absolute Gasteiger partial charge is 0.493 e. The van der Waals surface area contributed by atoms with Gasteiger partial charge in [0.25, 0.3) is 0 Å². The van der Waals surface area contributed by atoms with Gasteiger partial charge in [-0.3, -0.25) is 9.99 Å². The lowest BCUT2D eigenvalue weighted by molar-refractivity contribution is 0.282. The Kier molecular flexibility index (Phi) is 3.96. The topological polar surface area (TPSA) is 47.0 Å². The average Bonchev–Trinajstić information content (AvgIpc) is 2.97. The highest BCUT2D eigenvalue weighted by molar-refractivity contribution is 6.01. The second-order valence-electron chi connectivity index (χ2n) is 5.17. The van der Waals surface area contributed by atoms with E-state index in [1.165, 1.54) is 0 Å². The van der Waals surface area contributed by atoms with Gasteiger partial charge < -0.3 is 9.47 Å². The molecule has 1 aromatic heterocycles. The van der Waals surface area contributed by atoms with Crippen LogP contribution in [0.4, 0.5) is 0 Å². The van der Waals surface area contributed by atoms with E-state index in [9.17, 15) is 0 Å². The highest BCUT2D eigenvalue weighted by atomic mass is 16.5. The molecule has 0 N–H and O–H groups in total. The summed E-state index contributed by atoms with van der Waals surface area (Å²) in [5.41, 5.74) is 3.15. The fraction of sp³-hybridized carbons (Fsp3) is 0.294. The Morgan fingerprint density at radius 3 is 2.50 bits per heavy atom. The number of ether oxygens (including phenoxy) is 2. The van der Waals surface area contributed by atoms with Crippen LogP contribution in [0.2, 0.25) is 0 Å². The molecule has 1 aliphatic rings. The van der Waals surface area contributed by atoms with Crippen molar-refractivity contribution in [1.82, 2.24) is 9.99 Å². The minimum Gasteiger partial charge on any atom is -0.493 e. The van der Waals surface area contributed by atoms with E-state index in [2.05, 4.69) is 22.2 Å². The minimum atomic E-state index is 0.106. The van der Waals surface area contributed by atoms with Gasteiger partial charge in [0, 0.05) is 19.5 Å². The zero-order valence-electron chi connectivity index (χ0n) is 13.0. The van der Waals surface area contributed by atoms with Gasteiger partial charge in [-0.25, -0.2) is 0 Å². The molecule has 1 atom stereocenters. The predicted octanol–water partition coefficient (Wildman–Crippen LogP) is 2.88. The van der Waals surface area contributed by atoms with Crippen molar-refractivity contribution >= 4 is 5.71 Å². The Morgan fingerprint density at radius 2 is 1.82 bits per heavy atom. The number of hydrogen-bond donors (Lipinski definition) is 0. The van der Waals surface area contributed by atoms with Crippen LogP contribution in [0.5, 0.6) is 11.5 Å². The molecule has 2 aromatic rings. The molecular formula is C17H19N3O2. The number of aromatic nitrogens is 1. The van der Waals surface area contributed by atoms with Crippen molar-refractivity contribution in [2.24, 2.45) is 5.10 Å². The molecule has 2 heterocycles. The van der Waals surface area contributed by atoms with Gasteiger partial charge in [-0.15, -0.1) is 0 Å². The molecule has 0 amide bonds. The summed E-state index contributed by atoms with van der Waals surface area (Å²) in [6.45, 7) is 0. The number of methoxy groups -OCH3 is 2. The summed E-state index contributed by atoms with van der Waals surface area (Å²) in [4.78, 5) is 4.50. The van der Waals surface area contributed by atoms with Gasteiger partial charge in [-0.2, -0.15) is 5.10 Å². The van der Waals surface area contributed by atoms with Gasteiger partial charge in [0.2, 0.25) is 0 Å². The number of rotatable bonds is 4. The van der Waals surface area contributed by atoms with E-state index in [1.807, 2.05) is 36.3 Å². The Labute approximate surface area is 130 Å². The van der Waals surface area contributed by atoms with Crippen LogP contribution in [-0.2, 0) is 0 Å². The molecule has 1 aromatic carbocycles. The van der Waals surface area contributed by atoms with E-state index < -0.39 is 0 Å². The molecule has 5 heteroatoms. The fourth-order valence-electron chi connectivity index (χ4n) is 2.65. The molecule has 0 radical (unpaired) electrons. The number of hydrogen-bond acceptors (Lipinski definition) is 5. The zero-order valence-corrected chi connectivity index (χ0v) is 13.0. The van der Waals surface area contributed by atoms with E-state index in [0.29, 0.717) is 11.5 Å². The van der Waals surface area contributed by atoms with Crippen LogP contribution >= 0.6 is 0 Å². The van der Waals surface area contributed by atoms with Crippen molar-refractivity contribution in [3.8, 4) is 11.5 Å². The van der Waals surface area contributed by atoms with Gasteiger partial charge in [0.1, 0.15) is 0 Å². The summed E-state index contributed by atoms with van der Waals surface area (Å²) in [7, 11) is 5.21. The van der Waals surface area contributed by atoms with Crippen molar-refractivity contribution in [3.63, 3.8) is 0 Å². The van der Waals surface area contributed by atoms with Crippen LogP contribution < -0.4 is 9.47 Å². The Hall–Kier alpha value is -2.56. The third-order valence-corrected chi connectivity index (χ3v) is 3.86. The maximum atomic E-state index is 5.36. The molecule has 0 saturated heterocycles. The number of benzene rings is 1. The van der Waals surface area contributed by atoms with E-state index in [-0.39, 0.29) is 6.04 Å². The van der Waals surface area contributed by atoms with Crippen LogP contribution in [0.15, 0.2) is 47.7 Å². The van der Waals surface area contributed by atoms with Crippen molar-refractivity contribution in [2.45, 2.75) is 12.5 Å². The van der Waals surface area contributed by atoms with E-state index >= 15 is 0 Å². The number of pyridine rings is 1. The molecule has 22 heavy (non-hydrogen) atoms. The van der Waals surface area contributed by atoms with Crippen molar-refractivity contribution in [3.05, 3.63) is 53.9 Å². The van der Waals surface area contributed by atoms with Crippen LogP contribution in [0, 0.1) is 0 Å². The first kappa shape index (κ1) is 14.4. The van der Waals surface area contributed by atoms with E-state index in [1.54, 1.807) is 20.4 Å². The maximum absolute atomic E-state index is 5.36. The molecule has 1 unspecified atom stereocenters. The normalized spacial score (nSPS) is 17.3. The standard InChI is InChI=1S/C17H19N3O2/c1-20-15(9-13(19-20)12-7-5-4-6-8-12)14-10-16(21-2)17(22-3)11-18-14/h4-8,10-11,15H,9H2,1-3H3. The quantitative estimate of drug-likeness (QED) is 0.870. The van der Waals surface area contributed by atoms with Gasteiger partial charge in [-0.1, -0.05) is 30.3 Å². The summed E-state index contributed by atoms with van der Waals surface area (Å²) >= 11 is 0. The summed E-state index contributed by atoms with van der Waals surface area (Å²) in [5.74, 6) is 1.32. The highest BCUT2D eigenvalue weighted by Crippen LogP contribution is 2.34. The molecule has 0 spiro atoms. The predicted molar refractivity (Wildman–Crippen MR) is 85.4 cm³/mol. The molecule has 0 aliphatic carbocycles. The van der Waals surface area contributed by atoms with E-state index in [4.69, 9.17) is 9.47 Å². The van der Waals surface area contributed by atoms with Crippen molar-refractivity contribution in [1.29, 1.82) is 0 Å². The van der Waals surface area contributed by atoms with Crippen LogP contribution in [-0.4, -0.2) is 37.0 Å². The molecule has 0 saturated carbocycles. The smallest absolute Gasteiger partial charge is 0.179 e. The summed E-state index contributed by atoms with van der Waals surface area (Å²) in [5, 5.41) is 6.61. The molecule has 114 valence electrons. The zero-order chi connectivity index (χ0) is 15.5. The molecule has 0 bridgehead atoms. The number of hydrazone groups is 1. The van der Waals surface area contributed by atoms with Gasteiger partial charge in [0.05, 0.1) is 37.9 Å². The second-order valence-corrected chi connectivity index (χ2v) is 5.17. The van der Waals surface area contributed by atoms with Gasteiger partial charge in [0.15, 0.2) is 11.5 Å².